The number of nitrogens with zero attached hydrogens (tertiary/aromatic N) is 2. The first-order valence-corrected chi connectivity index (χ1v) is 9.49. The average Bonchev–Trinajstić information content (AvgIpc) is 2.71. The van der Waals surface area contributed by atoms with E-state index in [4.69, 9.17) is 0 Å². The highest BCUT2D eigenvalue weighted by Gasteiger charge is 2.24. The Morgan fingerprint density at radius 1 is 1.22 bits per heavy atom. The molecule has 0 radical (unpaired) electrons. The number of likely N-dealkylation sites (tertiary alicyclic amines) is 1. The average molecular weight is 368 g/mol. The van der Waals surface area contributed by atoms with E-state index in [0.29, 0.717) is 25.4 Å². The van der Waals surface area contributed by atoms with E-state index < -0.39 is 0 Å². The molecule has 1 amide bonds. The number of benzene rings is 1. The third-order valence-electron chi connectivity index (χ3n) is 4.53. The molecule has 1 aliphatic rings. The van der Waals surface area contributed by atoms with Crippen LogP contribution in [0.15, 0.2) is 54.7 Å². The largest absolute Gasteiger partial charge is 0.468 e. The topological polar surface area (TPSA) is 59.5 Å². The summed E-state index contributed by atoms with van der Waals surface area (Å²) in [4.78, 5) is 28.1. The fraction of sp³-hybridized carbons (Fsp3) is 0.409. The van der Waals surface area contributed by atoms with Crippen LogP contribution in [-0.4, -0.2) is 42.0 Å². The van der Waals surface area contributed by atoms with Crippen molar-refractivity contribution in [3.63, 3.8) is 0 Å². The van der Waals surface area contributed by atoms with Crippen LogP contribution in [0, 0.1) is 5.92 Å². The number of piperidine rings is 1. The van der Waals surface area contributed by atoms with Crippen LogP contribution in [0.25, 0.3) is 0 Å². The highest BCUT2D eigenvalue weighted by atomic mass is 16.5. The van der Waals surface area contributed by atoms with E-state index in [1.165, 1.54) is 6.42 Å². The van der Waals surface area contributed by atoms with Crippen molar-refractivity contribution in [2.75, 3.05) is 19.7 Å². The molecule has 1 fully saturated rings. The van der Waals surface area contributed by atoms with E-state index in [1.807, 2.05) is 53.6 Å². The predicted molar refractivity (Wildman–Crippen MR) is 105 cm³/mol. The summed E-state index contributed by atoms with van der Waals surface area (Å²) in [5.41, 5.74) is 2.23. The van der Waals surface area contributed by atoms with Gasteiger partial charge in [0.25, 0.3) is 6.47 Å². The summed E-state index contributed by atoms with van der Waals surface area (Å²) in [6.07, 6.45) is 5.60. The van der Waals surface area contributed by atoms with Crippen molar-refractivity contribution in [3.05, 3.63) is 66.0 Å². The zero-order valence-electron chi connectivity index (χ0n) is 15.9. The first kappa shape index (κ1) is 20.6. The molecule has 0 spiro atoms. The Morgan fingerprint density at radius 3 is 2.63 bits per heavy atom. The van der Waals surface area contributed by atoms with Crippen LogP contribution >= 0.6 is 0 Å². The maximum absolute atomic E-state index is 12.5. The van der Waals surface area contributed by atoms with Crippen molar-refractivity contribution in [3.8, 4) is 0 Å². The van der Waals surface area contributed by atoms with Crippen LogP contribution in [0.3, 0.4) is 0 Å². The quantitative estimate of drug-likeness (QED) is 0.734. The van der Waals surface area contributed by atoms with Crippen molar-refractivity contribution in [1.29, 1.82) is 0 Å². The molecule has 0 saturated carbocycles. The fourth-order valence-corrected chi connectivity index (χ4v) is 3.22. The van der Waals surface area contributed by atoms with Gasteiger partial charge < -0.3 is 9.64 Å². The lowest BCUT2D eigenvalue weighted by molar-refractivity contribution is -0.132. The third kappa shape index (κ3) is 7.60. The summed E-state index contributed by atoms with van der Waals surface area (Å²) in [6.45, 7) is 4.42. The molecule has 144 valence electrons. The van der Waals surface area contributed by atoms with E-state index in [-0.39, 0.29) is 5.91 Å². The second-order valence-electron chi connectivity index (χ2n) is 6.59. The van der Waals surface area contributed by atoms with E-state index >= 15 is 0 Å². The van der Waals surface area contributed by atoms with E-state index in [2.05, 4.69) is 15.8 Å². The molecule has 1 aromatic carbocycles. The molecular formula is C22H28N2O3. The maximum Gasteiger partial charge on any atom is 0.293 e. The van der Waals surface area contributed by atoms with Gasteiger partial charge in [0.1, 0.15) is 0 Å². The zero-order valence-corrected chi connectivity index (χ0v) is 15.9. The minimum Gasteiger partial charge on any atom is -0.468 e. The maximum atomic E-state index is 12.5. The Morgan fingerprint density at radius 2 is 2.00 bits per heavy atom. The highest BCUT2D eigenvalue weighted by molar-refractivity contribution is 5.78. The molecule has 0 bridgehead atoms. The number of ether oxygens (including phenoxy) is 1. The van der Waals surface area contributed by atoms with Gasteiger partial charge >= 0.3 is 0 Å². The molecule has 5 nitrogen and oxygen atoms in total. The molecule has 2 aromatic rings. The Labute approximate surface area is 161 Å². The van der Waals surface area contributed by atoms with Gasteiger partial charge in [-0.05, 0) is 49.8 Å². The number of pyridine rings is 1. The Balaban J connectivity index is 0.000000465. The number of aromatic nitrogens is 1. The number of hydrogen-bond donors (Lipinski definition) is 0. The number of amides is 1. The van der Waals surface area contributed by atoms with Gasteiger partial charge in [-0.3, -0.25) is 14.6 Å². The van der Waals surface area contributed by atoms with Crippen LogP contribution in [0.5, 0.6) is 0 Å². The smallest absolute Gasteiger partial charge is 0.293 e. The minimum absolute atomic E-state index is 0.247. The van der Waals surface area contributed by atoms with E-state index in [0.717, 1.165) is 37.2 Å². The standard InChI is InChI=1S/C19H22N2O.C3H6O2/c22-19(14-16-7-2-1-3-8-16)21-12-6-9-17(15-21)13-18-10-4-5-11-20-18;1-2-5-3-4/h1-5,7-8,10-11,17H,6,9,12-15H2;3H,2H2,1H3/t17-;/m1./s1. The third-order valence-corrected chi connectivity index (χ3v) is 4.53. The van der Waals surface area contributed by atoms with Crippen molar-refractivity contribution < 1.29 is 14.3 Å². The molecule has 1 saturated heterocycles. The zero-order chi connectivity index (χ0) is 19.3. The lowest BCUT2D eigenvalue weighted by Crippen LogP contribution is -2.41. The van der Waals surface area contributed by atoms with Gasteiger partial charge in [-0.25, -0.2) is 0 Å². The van der Waals surface area contributed by atoms with E-state index in [1.54, 1.807) is 6.92 Å². The van der Waals surface area contributed by atoms with Crippen molar-refractivity contribution >= 4 is 12.4 Å². The Bertz CT molecular complexity index is 676. The van der Waals surface area contributed by atoms with E-state index in [9.17, 15) is 9.59 Å². The lowest BCUT2D eigenvalue weighted by Gasteiger charge is -2.33. The van der Waals surface area contributed by atoms with Gasteiger partial charge in [-0.2, -0.15) is 0 Å². The van der Waals surface area contributed by atoms with Crippen LogP contribution < -0.4 is 0 Å². The van der Waals surface area contributed by atoms with Crippen LogP contribution in [0.4, 0.5) is 0 Å². The van der Waals surface area contributed by atoms with Crippen molar-refractivity contribution in [2.45, 2.75) is 32.6 Å². The number of carbonyl (C=O) groups is 2. The molecule has 3 rings (SSSR count). The Kier molecular flexibility index (Phi) is 9.04. The molecule has 5 heteroatoms. The number of rotatable bonds is 6. The van der Waals surface area contributed by atoms with Crippen LogP contribution in [0.2, 0.25) is 0 Å². The molecule has 0 unspecified atom stereocenters. The normalized spacial score (nSPS) is 16.0. The van der Waals surface area contributed by atoms with Gasteiger partial charge in [0.15, 0.2) is 0 Å². The summed E-state index contributed by atoms with van der Waals surface area (Å²) in [5.74, 6) is 0.778. The summed E-state index contributed by atoms with van der Waals surface area (Å²) in [6, 6.07) is 16.1. The predicted octanol–water partition coefficient (Wildman–Crippen LogP) is 3.28. The van der Waals surface area contributed by atoms with Gasteiger partial charge in [-0.1, -0.05) is 36.4 Å². The van der Waals surface area contributed by atoms with Gasteiger partial charge in [0.05, 0.1) is 13.0 Å². The van der Waals surface area contributed by atoms with Gasteiger partial charge in [0, 0.05) is 25.0 Å². The summed E-state index contributed by atoms with van der Waals surface area (Å²) in [7, 11) is 0. The first-order chi connectivity index (χ1) is 13.2. The van der Waals surface area contributed by atoms with Crippen LogP contribution in [-0.2, 0) is 27.2 Å². The molecule has 0 N–H and O–H groups in total. The summed E-state index contributed by atoms with van der Waals surface area (Å²) >= 11 is 0. The monoisotopic (exact) mass is 368 g/mol. The number of hydrogen-bond acceptors (Lipinski definition) is 4. The Hall–Kier alpha value is -2.69. The van der Waals surface area contributed by atoms with Crippen LogP contribution in [0.1, 0.15) is 31.0 Å². The SMILES string of the molecule is CCOC=O.O=C(Cc1ccccc1)N1CCC[C@H](Cc2ccccn2)C1. The second-order valence-corrected chi connectivity index (χ2v) is 6.59. The summed E-state index contributed by atoms with van der Waals surface area (Å²) < 4.78 is 4.15. The molecule has 1 aromatic heterocycles. The number of carbonyl (C=O) groups excluding carboxylic acids is 2. The van der Waals surface area contributed by atoms with Crippen molar-refractivity contribution in [2.24, 2.45) is 5.92 Å². The second kappa shape index (κ2) is 11.8. The molecule has 2 heterocycles. The highest BCUT2D eigenvalue weighted by Crippen LogP contribution is 2.20. The molecule has 0 aliphatic carbocycles. The lowest BCUT2D eigenvalue weighted by atomic mass is 9.93. The first-order valence-electron chi connectivity index (χ1n) is 9.49. The molecule has 27 heavy (non-hydrogen) atoms. The molecule has 1 atom stereocenters. The minimum atomic E-state index is 0.247. The fourth-order valence-electron chi connectivity index (χ4n) is 3.22. The molecule has 1 aliphatic heterocycles. The van der Waals surface area contributed by atoms with Crippen molar-refractivity contribution in [1.82, 2.24) is 9.88 Å². The van der Waals surface area contributed by atoms with Gasteiger partial charge in [0.2, 0.25) is 5.91 Å². The summed E-state index contributed by atoms with van der Waals surface area (Å²) in [5, 5.41) is 0. The molecular weight excluding hydrogens is 340 g/mol. The van der Waals surface area contributed by atoms with Gasteiger partial charge in [-0.15, -0.1) is 0 Å².